The van der Waals surface area contributed by atoms with Gasteiger partial charge in [0.2, 0.25) is 17.7 Å². The van der Waals surface area contributed by atoms with E-state index in [4.69, 9.17) is 18.9 Å². The normalized spacial score (nSPS) is 30.6. The number of ketones is 1. The van der Waals surface area contributed by atoms with Gasteiger partial charge >= 0.3 is 52.2 Å². The minimum Gasteiger partial charge on any atom is -0.465 e. The lowest BCUT2D eigenvalue weighted by molar-refractivity contribution is -0.148. The Labute approximate surface area is 676 Å². The maximum atomic E-state index is 15.6. The summed E-state index contributed by atoms with van der Waals surface area (Å²) < 4.78 is 31.0. The molecular weight excluding hydrogens is 1460 g/mol. The molecule has 644 valence electrons. The fourth-order valence-corrected chi connectivity index (χ4v) is 23.3. The van der Waals surface area contributed by atoms with Crippen molar-refractivity contribution in [3.8, 4) is 0 Å². The van der Waals surface area contributed by atoms with Crippen molar-refractivity contribution in [3.05, 3.63) is 62.9 Å². The molecule has 2 aromatic rings. The molecule has 26 heteroatoms. The van der Waals surface area contributed by atoms with Crippen LogP contribution in [-0.4, -0.2) is 115 Å². The Morgan fingerprint density at radius 1 is 0.333 bits per heavy atom. The second kappa shape index (κ2) is 34.2. The summed E-state index contributed by atoms with van der Waals surface area (Å²) in [6, 6.07) is -3.53. The fourth-order valence-electron chi connectivity index (χ4n) is 23.3. The summed E-state index contributed by atoms with van der Waals surface area (Å²) in [4.78, 5) is 183. The molecule has 2 heterocycles. The molecule has 0 radical (unpaired) electrons. The smallest absolute Gasteiger partial charge is 0.465 e. The van der Waals surface area contributed by atoms with Crippen LogP contribution in [0.4, 0.5) is 4.79 Å². The number of carbonyl (C=O) groups excluding carboxylic acids is 7. The first-order valence-electron chi connectivity index (χ1n) is 42.4. The zero-order valence-electron chi connectivity index (χ0n) is 74.2. The maximum absolute atomic E-state index is 15.6. The summed E-state index contributed by atoms with van der Waals surface area (Å²) >= 11 is 0. The van der Waals surface area contributed by atoms with E-state index in [9.17, 15) is 33.6 Å². The van der Waals surface area contributed by atoms with Gasteiger partial charge in [-0.05, 0) is 201 Å². The van der Waals surface area contributed by atoms with Crippen LogP contribution < -0.4 is 50.1 Å². The van der Waals surface area contributed by atoms with Crippen molar-refractivity contribution in [1.82, 2.24) is 43.4 Å². The SMILES string of the molecule is CC(=O)CCC1(C)CC(n2c(=O)n(C3CCCC(C)(CCC(=O)OCC(C)(C)COC(=O)OCC(C)(C)COC(=O)CCC4(C)CC(n5c(=O)n(C6CC(C)(C)CC(C)(CNC(C)=O)C6)c(=O)n(C6CC(C)(C)CC(C)(CNC(C)=O)C6)c5=O)CC(C)(C)C4)C3)c(=O)n(C3CC(C)(C)CC(C)(CNC(C)=O)C3)c2=O)CC(C)(C)C1. The lowest BCUT2D eigenvalue weighted by Gasteiger charge is -2.49. The first kappa shape index (κ1) is 92.6. The lowest BCUT2D eigenvalue weighted by atomic mass is 9.61. The molecule has 0 saturated heterocycles. The lowest BCUT2D eigenvalue weighted by Crippen LogP contribution is -2.60. The Kier molecular flexibility index (Phi) is 27.8. The van der Waals surface area contributed by atoms with Crippen LogP contribution >= 0.6 is 0 Å². The first-order valence-corrected chi connectivity index (χ1v) is 42.4. The van der Waals surface area contributed by atoms with E-state index in [1.54, 1.807) is 34.6 Å². The molecule has 6 fully saturated rings. The van der Waals surface area contributed by atoms with Gasteiger partial charge in [0.15, 0.2) is 0 Å². The number of ether oxygens (including phenoxy) is 4. The average molecular weight is 1600 g/mol. The summed E-state index contributed by atoms with van der Waals surface area (Å²) in [5, 5.41) is 8.99. The van der Waals surface area contributed by atoms with Crippen molar-refractivity contribution < 1.29 is 52.5 Å². The van der Waals surface area contributed by atoms with Gasteiger partial charge in [-0.15, -0.1) is 0 Å². The van der Waals surface area contributed by atoms with E-state index in [1.165, 1.54) is 48.2 Å². The first-order chi connectivity index (χ1) is 52.1. The molecule has 12 atom stereocenters. The van der Waals surface area contributed by atoms with Crippen LogP contribution in [0.2, 0.25) is 0 Å². The van der Waals surface area contributed by atoms with E-state index in [0.717, 1.165) is 32.1 Å². The summed E-state index contributed by atoms with van der Waals surface area (Å²) in [7, 11) is 0. The Morgan fingerprint density at radius 2 is 0.570 bits per heavy atom. The minimum absolute atomic E-state index is 0.0189. The summed E-state index contributed by atoms with van der Waals surface area (Å²) in [5.74, 6) is -1.39. The van der Waals surface area contributed by atoms with E-state index in [0.29, 0.717) is 135 Å². The van der Waals surface area contributed by atoms with Crippen LogP contribution in [0.5, 0.6) is 0 Å². The number of Topliss-reactive ketones (excluding diaryl/α,β-unsaturated/α-hetero) is 1. The second-order valence-corrected chi connectivity index (χ2v) is 45.0. The molecule has 2 aromatic heterocycles. The highest BCUT2D eigenvalue weighted by molar-refractivity contribution is 5.75. The largest absolute Gasteiger partial charge is 0.508 e. The molecule has 12 unspecified atom stereocenters. The fraction of sp³-hybridized carbons (Fsp3) is 0.852. The standard InChI is InChI=1S/C88H145N9O17/c1-57(98)27-31-84(20)40-62(34-76(5,6)45-84)93-69(104)92(70(105)95(71(93)106)64-36-78(9,10)47-86(22,42-64)50-89-58(2)99)61-26-25-30-83(19,39-61)32-28-67(102)111-53-81(15,16)55-113-75(110)114-56-82(17,18)54-112-68(103)29-33-85(21)41-63(35-77(7,8)46-85)94-72(107)96(65-37-79(11,12)48-87(23,43-65)51-90-59(3)100)74(109)97(73(94)108)66-38-80(13,14)49-88(24,44-66)52-91-60(4)101/h61-66H,25-56H2,1-24H3,(H,89,99)(H,90,100)(H,91,101). The van der Waals surface area contributed by atoms with Gasteiger partial charge in [0.25, 0.3) is 0 Å². The van der Waals surface area contributed by atoms with E-state index in [1.807, 2.05) is 0 Å². The molecule has 0 spiro atoms. The third-order valence-corrected chi connectivity index (χ3v) is 26.5. The highest BCUT2D eigenvalue weighted by Gasteiger charge is 2.51. The van der Waals surface area contributed by atoms with Crippen LogP contribution in [0, 0.1) is 70.4 Å². The Bertz CT molecular complexity index is 4110. The van der Waals surface area contributed by atoms with Crippen LogP contribution in [-0.2, 0) is 47.7 Å². The van der Waals surface area contributed by atoms with Gasteiger partial charge in [-0.3, -0.25) is 24.0 Å². The van der Waals surface area contributed by atoms with Gasteiger partial charge < -0.3 is 39.7 Å². The van der Waals surface area contributed by atoms with E-state index >= 15 is 28.8 Å². The number of hydrogen-bond acceptors (Lipinski definition) is 17. The molecule has 0 aliphatic heterocycles. The molecule has 0 bridgehead atoms. The summed E-state index contributed by atoms with van der Waals surface area (Å²) in [6.45, 7) is 47.4. The van der Waals surface area contributed by atoms with Gasteiger partial charge in [0.05, 0.1) is 13.2 Å². The molecule has 3 amide bonds. The second-order valence-electron chi connectivity index (χ2n) is 45.0. The van der Waals surface area contributed by atoms with Gasteiger partial charge in [0, 0.05) is 107 Å². The van der Waals surface area contributed by atoms with Crippen molar-refractivity contribution in [3.63, 3.8) is 0 Å². The van der Waals surface area contributed by atoms with Crippen molar-refractivity contribution in [2.45, 2.75) is 363 Å². The van der Waals surface area contributed by atoms with E-state index < -0.39 is 132 Å². The van der Waals surface area contributed by atoms with Crippen LogP contribution in [0.3, 0.4) is 0 Å². The monoisotopic (exact) mass is 1600 g/mol. The Hall–Kier alpha value is -6.89. The van der Waals surface area contributed by atoms with E-state index in [-0.39, 0.29) is 89.8 Å². The average Bonchev–Trinajstić information content (AvgIpc) is 0.732. The van der Waals surface area contributed by atoms with Gasteiger partial charge in [-0.25, -0.2) is 61.0 Å². The molecule has 26 nitrogen and oxygen atoms in total. The molecule has 114 heavy (non-hydrogen) atoms. The topological polar surface area (TPSA) is 324 Å². The maximum Gasteiger partial charge on any atom is 0.508 e. The number of aromatic nitrogens is 6. The van der Waals surface area contributed by atoms with Crippen molar-refractivity contribution in [1.29, 1.82) is 0 Å². The number of rotatable bonds is 29. The molecule has 0 aromatic carbocycles. The third kappa shape index (κ3) is 24.2. The molecule has 3 N–H and O–H groups in total. The van der Waals surface area contributed by atoms with Crippen LogP contribution in [0.1, 0.15) is 363 Å². The highest BCUT2D eigenvalue weighted by Crippen LogP contribution is 2.57. The molecular formula is C88H145N9O17. The van der Waals surface area contributed by atoms with E-state index in [2.05, 4.69) is 127 Å². The highest BCUT2D eigenvalue weighted by atomic mass is 16.7. The zero-order valence-corrected chi connectivity index (χ0v) is 74.2. The number of nitrogens with one attached hydrogen (secondary N) is 3. The van der Waals surface area contributed by atoms with Gasteiger partial charge in [0.1, 0.15) is 19.0 Å². The van der Waals surface area contributed by atoms with Crippen molar-refractivity contribution in [2.24, 2.45) is 70.4 Å². The van der Waals surface area contributed by atoms with Gasteiger partial charge in [-0.2, -0.15) is 0 Å². The molecule has 8 rings (SSSR count). The van der Waals surface area contributed by atoms with Crippen molar-refractivity contribution in [2.75, 3.05) is 46.1 Å². The molecule has 6 aliphatic rings. The Morgan fingerprint density at radius 3 is 0.851 bits per heavy atom. The van der Waals surface area contributed by atoms with Crippen LogP contribution in [0.25, 0.3) is 0 Å². The summed E-state index contributed by atoms with van der Waals surface area (Å²) in [5.41, 5.74) is -10.1. The minimum atomic E-state index is -0.960. The molecule has 6 saturated carbocycles. The predicted octanol–water partition coefficient (Wildman–Crippen LogP) is 13.9. The number of carbonyl (C=O) groups is 7. The number of hydrogen-bond donors (Lipinski definition) is 3. The Balaban J connectivity index is 0.882. The predicted molar refractivity (Wildman–Crippen MR) is 439 cm³/mol. The number of amides is 3. The zero-order chi connectivity index (χ0) is 85.5. The molecule has 6 aliphatic carbocycles. The summed E-state index contributed by atoms with van der Waals surface area (Å²) in [6.07, 6.45) is 11.4. The number of nitrogens with zero attached hydrogens (tertiary/aromatic N) is 6. The van der Waals surface area contributed by atoms with Gasteiger partial charge in [-0.1, -0.05) is 145 Å². The quantitative estimate of drug-likeness (QED) is 0.0503. The number of esters is 2. The van der Waals surface area contributed by atoms with Crippen molar-refractivity contribution >= 4 is 41.6 Å². The third-order valence-electron chi connectivity index (χ3n) is 26.5. The van der Waals surface area contributed by atoms with Crippen LogP contribution in [0.15, 0.2) is 28.8 Å².